The molecule has 16 heavy (non-hydrogen) atoms. The highest BCUT2D eigenvalue weighted by atomic mass is 35.5. The van der Waals surface area contributed by atoms with Gasteiger partial charge >= 0.3 is 5.97 Å². The Morgan fingerprint density at radius 3 is 2.75 bits per heavy atom. The third-order valence-electron chi connectivity index (χ3n) is 1.63. The van der Waals surface area contributed by atoms with Crippen molar-refractivity contribution in [3.05, 3.63) is 28.3 Å². The average Bonchev–Trinajstić information content (AvgIpc) is 2.21. The Morgan fingerprint density at radius 1 is 1.62 bits per heavy atom. The molecule has 0 aromatic carbocycles. The Balaban J connectivity index is 3.18. The predicted octanol–water partition coefficient (Wildman–Crippen LogP) is 2.99. The van der Waals surface area contributed by atoms with E-state index in [1.807, 2.05) is 0 Å². The number of aromatic nitrogens is 1. The van der Waals surface area contributed by atoms with Gasteiger partial charge in [0.05, 0.1) is 11.6 Å². The molecule has 0 aliphatic rings. The van der Waals surface area contributed by atoms with E-state index in [-0.39, 0.29) is 6.61 Å². The predicted molar refractivity (Wildman–Crippen MR) is 50.1 cm³/mol. The maximum Gasteiger partial charge on any atom is 0.356 e. The highest BCUT2D eigenvalue weighted by Crippen LogP contribution is 2.26. The highest BCUT2D eigenvalue weighted by Gasteiger charge is 2.22. The number of ether oxygens (including phenoxy) is 1. The minimum atomic E-state index is -3.15. The van der Waals surface area contributed by atoms with Crippen molar-refractivity contribution >= 4 is 17.6 Å². The van der Waals surface area contributed by atoms with Crippen molar-refractivity contribution in [1.29, 1.82) is 0 Å². The molecule has 1 aromatic heterocycles. The zero-order valence-electron chi connectivity index (χ0n) is 8.14. The van der Waals surface area contributed by atoms with Gasteiger partial charge in [0, 0.05) is 0 Å². The van der Waals surface area contributed by atoms with Crippen LogP contribution in [0.3, 0.4) is 0 Å². The summed E-state index contributed by atoms with van der Waals surface area (Å²) in [6.45, 7) is 1.59. The third kappa shape index (κ3) is 2.63. The maximum atomic E-state index is 13.1. The number of hydrogen-bond acceptors (Lipinski definition) is 3. The summed E-state index contributed by atoms with van der Waals surface area (Å²) in [5, 5.41) is -0.589. The van der Waals surface area contributed by atoms with Gasteiger partial charge in [-0.15, -0.1) is 0 Å². The van der Waals surface area contributed by atoms with Gasteiger partial charge in [0.2, 0.25) is 0 Å². The number of carbonyl (C=O) groups excluding carboxylic acids is 1. The number of hydrogen-bond donors (Lipinski definition) is 0. The minimum absolute atomic E-state index is 0.0551. The second kappa shape index (κ2) is 5.16. The summed E-state index contributed by atoms with van der Waals surface area (Å²) < 4.78 is 42.2. The van der Waals surface area contributed by atoms with E-state index < -0.39 is 34.6 Å². The van der Waals surface area contributed by atoms with Crippen LogP contribution >= 0.6 is 11.6 Å². The molecule has 1 aromatic rings. The maximum absolute atomic E-state index is 13.1. The largest absolute Gasteiger partial charge is 0.461 e. The monoisotopic (exact) mass is 253 g/mol. The first-order chi connectivity index (χ1) is 7.47. The molecule has 0 N–H and O–H groups in total. The van der Waals surface area contributed by atoms with E-state index in [1.54, 1.807) is 0 Å². The number of halogens is 4. The van der Waals surface area contributed by atoms with Gasteiger partial charge in [-0.05, 0) is 13.0 Å². The van der Waals surface area contributed by atoms with Gasteiger partial charge in [0.25, 0.3) is 6.43 Å². The zero-order valence-corrected chi connectivity index (χ0v) is 8.89. The minimum Gasteiger partial charge on any atom is -0.461 e. The molecule has 0 amide bonds. The smallest absolute Gasteiger partial charge is 0.356 e. The molecule has 1 heterocycles. The summed E-state index contributed by atoms with van der Waals surface area (Å²) in [7, 11) is 0. The lowest BCUT2D eigenvalue weighted by Crippen LogP contribution is -2.10. The highest BCUT2D eigenvalue weighted by molar-refractivity contribution is 6.31. The molecule has 7 heteroatoms. The Hall–Kier alpha value is -1.30. The Morgan fingerprint density at radius 2 is 2.25 bits per heavy atom. The first-order valence-electron chi connectivity index (χ1n) is 4.28. The molecule has 0 aliphatic heterocycles. The van der Waals surface area contributed by atoms with E-state index in [0.717, 1.165) is 6.07 Å². The van der Waals surface area contributed by atoms with Gasteiger partial charge in [-0.2, -0.15) is 0 Å². The van der Waals surface area contributed by atoms with Gasteiger partial charge in [0.15, 0.2) is 11.5 Å². The molecule has 0 bridgehead atoms. The first-order valence-corrected chi connectivity index (χ1v) is 4.66. The number of pyridine rings is 1. The molecule has 0 radical (unpaired) electrons. The van der Waals surface area contributed by atoms with Crippen molar-refractivity contribution in [1.82, 2.24) is 4.98 Å². The molecule has 0 spiro atoms. The SMILES string of the molecule is CCOC(=O)c1cc(Cl)c(F)c(C(F)F)n1. The Labute approximate surface area is 94.2 Å². The standard InChI is InChI=1S/C9H7ClF3NO2/c1-2-16-9(15)5-3-4(10)6(11)7(14-5)8(12)13/h3,8H,2H2,1H3. The van der Waals surface area contributed by atoms with Crippen molar-refractivity contribution in [2.45, 2.75) is 13.3 Å². The van der Waals surface area contributed by atoms with Crippen molar-refractivity contribution in [2.75, 3.05) is 6.61 Å². The number of nitrogens with zero attached hydrogens (tertiary/aromatic N) is 1. The normalized spacial score (nSPS) is 10.6. The second-order valence-corrected chi connectivity index (χ2v) is 3.12. The van der Waals surface area contributed by atoms with Gasteiger partial charge < -0.3 is 4.74 Å². The lowest BCUT2D eigenvalue weighted by atomic mass is 10.3. The molecule has 0 unspecified atom stereocenters. The fourth-order valence-electron chi connectivity index (χ4n) is 0.971. The quantitative estimate of drug-likeness (QED) is 0.778. The molecule has 3 nitrogen and oxygen atoms in total. The van der Waals surface area contributed by atoms with Crippen LogP contribution in [0.15, 0.2) is 6.07 Å². The van der Waals surface area contributed by atoms with Crippen LogP contribution in [0.4, 0.5) is 13.2 Å². The van der Waals surface area contributed by atoms with Crippen LogP contribution in [0.2, 0.25) is 5.02 Å². The molecule has 1 rings (SSSR count). The summed E-state index contributed by atoms with van der Waals surface area (Å²) >= 11 is 5.35. The molecular weight excluding hydrogens is 247 g/mol. The molecule has 0 saturated carbocycles. The van der Waals surface area contributed by atoms with Crippen molar-refractivity contribution < 1.29 is 22.7 Å². The number of rotatable bonds is 3. The van der Waals surface area contributed by atoms with Gasteiger partial charge in [-0.25, -0.2) is 22.9 Å². The van der Waals surface area contributed by atoms with E-state index in [0.29, 0.717) is 0 Å². The summed E-state index contributed by atoms with van der Waals surface area (Å²) in [4.78, 5) is 14.3. The summed E-state index contributed by atoms with van der Waals surface area (Å²) in [5.74, 6) is -2.25. The summed E-state index contributed by atoms with van der Waals surface area (Å²) in [6.07, 6.45) is -3.15. The van der Waals surface area contributed by atoms with E-state index in [9.17, 15) is 18.0 Å². The van der Waals surface area contributed by atoms with Crippen LogP contribution in [-0.4, -0.2) is 17.6 Å². The first kappa shape index (κ1) is 12.8. The number of carbonyl (C=O) groups is 1. The molecule has 0 fully saturated rings. The van der Waals surface area contributed by atoms with Crippen molar-refractivity contribution in [2.24, 2.45) is 0 Å². The number of esters is 1. The van der Waals surface area contributed by atoms with E-state index in [4.69, 9.17) is 11.6 Å². The fraction of sp³-hybridized carbons (Fsp3) is 0.333. The van der Waals surface area contributed by atoms with Crippen LogP contribution in [0.1, 0.15) is 29.5 Å². The zero-order chi connectivity index (χ0) is 12.3. The molecule has 0 aliphatic carbocycles. The Kier molecular flexibility index (Phi) is 4.12. The molecular formula is C9H7ClF3NO2. The lowest BCUT2D eigenvalue weighted by molar-refractivity contribution is 0.0517. The van der Waals surface area contributed by atoms with Crippen LogP contribution < -0.4 is 0 Å². The van der Waals surface area contributed by atoms with Gasteiger partial charge in [-0.1, -0.05) is 11.6 Å². The second-order valence-electron chi connectivity index (χ2n) is 2.71. The van der Waals surface area contributed by atoms with E-state index in [1.165, 1.54) is 6.92 Å². The van der Waals surface area contributed by atoms with Crippen LogP contribution in [-0.2, 0) is 4.74 Å². The lowest BCUT2D eigenvalue weighted by Gasteiger charge is -2.06. The number of alkyl halides is 2. The van der Waals surface area contributed by atoms with Crippen molar-refractivity contribution in [3.63, 3.8) is 0 Å². The van der Waals surface area contributed by atoms with Gasteiger partial charge in [-0.3, -0.25) is 0 Å². The average molecular weight is 254 g/mol. The molecule has 88 valence electrons. The van der Waals surface area contributed by atoms with Gasteiger partial charge in [0.1, 0.15) is 5.69 Å². The summed E-state index contributed by atoms with van der Waals surface area (Å²) in [6, 6.07) is 0.848. The van der Waals surface area contributed by atoms with Crippen LogP contribution in [0.5, 0.6) is 0 Å². The van der Waals surface area contributed by atoms with Crippen LogP contribution in [0.25, 0.3) is 0 Å². The van der Waals surface area contributed by atoms with E-state index >= 15 is 0 Å². The third-order valence-corrected chi connectivity index (χ3v) is 1.91. The Bertz CT molecular complexity index is 412. The van der Waals surface area contributed by atoms with Crippen LogP contribution in [0, 0.1) is 5.82 Å². The fourth-order valence-corrected chi connectivity index (χ4v) is 1.17. The topological polar surface area (TPSA) is 39.2 Å². The van der Waals surface area contributed by atoms with E-state index in [2.05, 4.69) is 9.72 Å². The molecule has 0 atom stereocenters. The van der Waals surface area contributed by atoms with Crippen molar-refractivity contribution in [3.8, 4) is 0 Å². The molecule has 0 saturated heterocycles. The summed E-state index contributed by atoms with van der Waals surface area (Å²) in [5.41, 5.74) is -1.60.